The lowest BCUT2D eigenvalue weighted by Gasteiger charge is -2.35. The third-order valence-electron chi connectivity index (χ3n) is 5.06. The molecule has 0 bridgehead atoms. The van der Waals surface area contributed by atoms with Crippen molar-refractivity contribution >= 4 is 34.8 Å². The highest BCUT2D eigenvalue weighted by molar-refractivity contribution is 6.30. The van der Waals surface area contributed by atoms with Crippen LogP contribution in [0.4, 0.5) is 17.3 Å². The Labute approximate surface area is 180 Å². The second kappa shape index (κ2) is 9.54. The third kappa shape index (κ3) is 5.24. The smallest absolute Gasteiger partial charge is 0.223 e. The highest BCUT2D eigenvalue weighted by Crippen LogP contribution is 2.18. The molecule has 3 aromatic rings. The Morgan fingerprint density at radius 3 is 2.60 bits per heavy atom. The normalized spacial score (nSPS) is 13.9. The molecule has 0 saturated carbocycles. The maximum atomic E-state index is 12.6. The lowest BCUT2D eigenvalue weighted by Crippen LogP contribution is -2.49. The minimum Gasteiger partial charge on any atom is -0.352 e. The van der Waals surface area contributed by atoms with Crippen LogP contribution in [0.2, 0.25) is 5.02 Å². The van der Waals surface area contributed by atoms with Crippen LogP contribution >= 0.6 is 11.6 Å². The van der Waals surface area contributed by atoms with Gasteiger partial charge in [-0.15, -0.1) is 10.2 Å². The molecule has 1 aromatic carbocycles. The summed E-state index contributed by atoms with van der Waals surface area (Å²) in [5.74, 6) is 1.66. The molecule has 0 unspecified atom stereocenters. The van der Waals surface area contributed by atoms with Crippen molar-refractivity contribution in [1.29, 1.82) is 0 Å². The number of benzene rings is 1. The van der Waals surface area contributed by atoms with Gasteiger partial charge in [0.05, 0.1) is 11.9 Å². The highest BCUT2D eigenvalue weighted by atomic mass is 35.5. The lowest BCUT2D eigenvalue weighted by molar-refractivity contribution is -0.131. The number of amides is 1. The number of anilines is 3. The summed E-state index contributed by atoms with van der Waals surface area (Å²) < 4.78 is 0. The fourth-order valence-corrected chi connectivity index (χ4v) is 3.64. The summed E-state index contributed by atoms with van der Waals surface area (Å²) >= 11 is 6.01. The number of piperazine rings is 1. The Morgan fingerprint density at radius 2 is 1.90 bits per heavy atom. The molecule has 154 valence electrons. The number of rotatable bonds is 6. The maximum absolute atomic E-state index is 12.6. The summed E-state index contributed by atoms with van der Waals surface area (Å²) in [6.45, 7) is 2.86. The van der Waals surface area contributed by atoms with E-state index in [1.807, 2.05) is 53.4 Å². The molecule has 4 rings (SSSR count). The van der Waals surface area contributed by atoms with Crippen molar-refractivity contribution in [2.75, 3.05) is 36.4 Å². The first-order chi connectivity index (χ1) is 14.7. The van der Waals surface area contributed by atoms with Crippen molar-refractivity contribution in [2.24, 2.45) is 0 Å². The molecule has 0 aliphatic carbocycles. The molecule has 8 heteroatoms. The standard InChI is InChI=1S/C22H23ClN6O/c23-18-4-1-3-17(15-18)6-9-22(30)29-13-11-28(12-14-29)21-8-7-20(26-27-21)25-19-5-2-10-24-16-19/h1-5,7-8,10,15-16H,6,9,11-14H2,(H,25,26). The molecular formula is C22H23ClN6O. The van der Waals surface area contributed by atoms with Crippen molar-refractivity contribution in [3.63, 3.8) is 0 Å². The Morgan fingerprint density at radius 1 is 1.03 bits per heavy atom. The van der Waals surface area contributed by atoms with E-state index in [1.165, 1.54) is 0 Å². The average molecular weight is 423 g/mol. The number of nitrogens with one attached hydrogen (secondary N) is 1. The van der Waals surface area contributed by atoms with E-state index in [9.17, 15) is 4.79 Å². The van der Waals surface area contributed by atoms with Crippen molar-refractivity contribution < 1.29 is 4.79 Å². The summed E-state index contributed by atoms with van der Waals surface area (Å²) in [5.41, 5.74) is 1.95. The molecule has 1 aliphatic heterocycles. The van der Waals surface area contributed by atoms with E-state index in [-0.39, 0.29) is 5.91 Å². The molecule has 1 amide bonds. The number of pyridine rings is 1. The number of carbonyl (C=O) groups is 1. The van der Waals surface area contributed by atoms with E-state index >= 15 is 0 Å². The van der Waals surface area contributed by atoms with Crippen molar-refractivity contribution in [3.8, 4) is 0 Å². The summed E-state index contributed by atoms with van der Waals surface area (Å²) in [5, 5.41) is 12.5. The molecule has 1 N–H and O–H groups in total. The predicted molar refractivity (Wildman–Crippen MR) is 118 cm³/mol. The van der Waals surface area contributed by atoms with E-state index in [0.717, 1.165) is 30.2 Å². The van der Waals surface area contributed by atoms with Crippen LogP contribution in [0.25, 0.3) is 0 Å². The van der Waals surface area contributed by atoms with Crippen LogP contribution in [0.15, 0.2) is 60.9 Å². The summed E-state index contributed by atoms with van der Waals surface area (Å²) in [6.07, 6.45) is 4.66. The molecule has 1 saturated heterocycles. The molecule has 0 radical (unpaired) electrons. The second-order valence-corrected chi connectivity index (χ2v) is 7.58. The van der Waals surface area contributed by atoms with Gasteiger partial charge < -0.3 is 15.1 Å². The average Bonchev–Trinajstić information content (AvgIpc) is 2.79. The topological polar surface area (TPSA) is 74.2 Å². The minimum absolute atomic E-state index is 0.178. The lowest BCUT2D eigenvalue weighted by atomic mass is 10.1. The van der Waals surface area contributed by atoms with E-state index in [1.54, 1.807) is 12.4 Å². The molecule has 1 aliphatic rings. The first-order valence-corrected chi connectivity index (χ1v) is 10.3. The monoisotopic (exact) mass is 422 g/mol. The quantitative estimate of drug-likeness (QED) is 0.654. The first kappa shape index (κ1) is 20.1. The van der Waals surface area contributed by atoms with Gasteiger partial charge in [0.25, 0.3) is 0 Å². The molecule has 30 heavy (non-hydrogen) atoms. The van der Waals surface area contributed by atoms with Gasteiger partial charge in [0.1, 0.15) is 0 Å². The fraction of sp³-hybridized carbons (Fsp3) is 0.273. The van der Waals surface area contributed by atoms with Gasteiger partial charge >= 0.3 is 0 Å². The third-order valence-corrected chi connectivity index (χ3v) is 5.29. The van der Waals surface area contributed by atoms with Crippen molar-refractivity contribution in [2.45, 2.75) is 12.8 Å². The Kier molecular flexibility index (Phi) is 6.39. The largest absolute Gasteiger partial charge is 0.352 e. The van der Waals surface area contributed by atoms with Gasteiger partial charge in [-0.2, -0.15) is 0 Å². The summed E-state index contributed by atoms with van der Waals surface area (Å²) in [6, 6.07) is 15.3. The van der Waals surface area contributed by atoms with Gasteiger partial charge in [0.15, 0.2) is 11.6 Å². The Bertz CT molecular complexity index is 974. The van der Waals surface area contributed by atoms with E-state index in [0.29, 0.717) is 36.8 Å². The van der Waals surface area contributed by atoms with Gasteiger partial charge in [-0.25, -0.2) is 0 Å². The number of nitrogens with zero attached hydrogens (tertiary/aromatic N) is 5. The Balaban J connectivity index is 1.26. The number of hydrogen-bond acceptors (Lipinski definition) is 6. The van der Waals surface area contributed by atoms with Gasteiger partial charge in [0.2, 0.25) is 5.91 Å². The fourth-order valence-electron chi connectivity index (χ4n) is 3.43. The van der Waals surface area contributed by atoms with E-state index in [2.05, 4.69) is 25.4 Å². The minimum atomic E-state index is 0.178. The summed E-state index contributed by atoms with van der Waals surface area (Å²) in [4.78, 5) is 20.7. The predicted octanol–water partition coefficient (Wildman–Crippen LogP) is 3.55. The highest BCUT2D eigenvalue weighted by Gasteiger charge is 2.22. The van der Waals surface area contributed by atoms with Crippen molar-refractivity contribution in [1.82, 2.24) is 20.1 Å². The molecule has 2 aromatic heterocycles. The molecular weight excluding hydrogens is 400 g/mol. The molecule has 1 fully saturated rings. The van der Waals surface area contributed by atoms with Crippen LogP contribution in [0.5, 0.6) is 0 Å². The van der Waals surface area contributed by atoms with Gasteiger partial charge in [-0.3, -0.25) is 9.78 Å². The van der Waals surface area contributed by atoms with Crippen LogP contribution in [0.1, 0.15) is 12.0 Å². The van der Waals surface area contributed by atoms with Gasteiger partial charge in [-0.1, -0.05) is 23.7 Å². The SMILES string of the molecule is O=C(CCc1cccc(Cl)c1)N1CCN(c2ccc(Nc3cccnc3)nn2)CC1. The molecule has 3 heterocycles. The van der Waals surface area contributed by atoms with Crippen LogP contribution in [-0.2, 0) is 11.2 Å². The number of aryl methyl sites for hydroxylation is 1. The van der Waals surface area contributed by atoms with Crippen LogP contribution in [0, 0.1) is 0 Å². The van der Waals surface area contributed by atoms with Crippen LogP contribution in [-0.4, -0.2) is 52.2 Å². The van der Waals surface area contributed by atoms with Crippen LogP contribution in [0.3, 0.4) is 0 Å². The molecule has 0 atom stereocenters. The molecule has 0 spiro atoms. The summed E-state index contributed by atoms with van der Waals surface area (Å²) in [7, 11) is 0. The van der Waals surface area contributed by atoms with E-state index in [4.69, 9.17) is 11.6 Å². The number of aromatic nitrogens is 3. The van der Waals surface area contributed by atoms with Crippen LogP contribution < -0.4 is 10.2 Å². The maximum Gasteiger partial charge on any atom is 0.223 e. The van der Waals surface area contributed by atoms with Gasteiger partial charge in [-0.05, 0) is 48.4 Å². The van der Waals surface area contributed by atoms with Gasteiger partial charge in [0, 0.05) is 43.8 Å². The number of hydrogen-bond donors (Lipinski definition) is 1. The first-order valence-electron chi connectivity index (χ1n) is 9.95. The number of halogens is 1. The second-order valence-electron chi connectivity index (χ2n) is 7.14. The Hall–Kier alpha value is -3.19. The van der Waals surface area contributed by atoms with E-state index < -0.39 is 0 Å². The zero-order valence-corrected chi connectivity index (χ0v) is 17.3. The molecule has 7 nitrogen and oxygen atoms in total. The van der Waals surface area contributed by atoms with Crippen molar-refractivity contribution in [3.05, 3.63) is 71.5 Å². The zero-order chi connectivity index (χ0) is 20.8. The number of carbonyl (C=O) groups excluding carboxylic acids is 1. The zero-order valence-electron chi connectivity index (χ0n) is 16.5.